The molecule has 1 aromatic rings. The molecular weight excluding hydrogens is 346 g/mol. The highest BCUT2D eigenvalue weighted by molar-refractivity contribution is 5.95. The second-order valence-electron chi connectivity index (χ2n) is 7.46. The summed E-state index contributed by atoms with van der Waals surface area (Å²) in [5.74, 6) is 0.293. The fourth-order valence-corrected chi connectivity index (χ4v) is 4.19. The van der Waals surface area contributed by atoms with Crippen molar-refractivity contribution in [2.24, 2.45) is 5.92 Å². The number of hydrogen-bond acceptors (Lipinski definition) is 5. The molecule has 1 heterocycles. The summed E-state index contributed by atoms with van der Waals surface area (Å²) in [5, 5.41) is 29.1. The zero-order valence-corrected chi connectivity index (χ0v) is 15.8. The van der Waals surface area contributed by atoms with Crippen LogP contribution in [0.25, 0.3) is 0 Å². The number of rotatable bonds is 5. The van der Waals surface area contributed by atoms with Gasteiger partial charge in [0, 0.05) is 25.1 Å². The summed E-state index contributed by atoms with van der Waals surface area (Å²) in [6.45, 7) is 3.02. The summed E-state index contributed by atoms with van der Waals surface area (Å²) < 4.78 is 5.41. The van der Waals surface area contributed by atoms with Crippen LogP contribution in [-0.2, 0) is 14.9 Å². The van der Waals surface area contributed by atoms with Crippen LogP contribution in [0.2, 0.25) is 0 Å². The number of nitrogens with zero attached hydrogens (tertiary/aromatic N) is 1. The normalized spacial score (nSPS) is 25.1. The van der Waals surface area contributed by atoms with Crippen molar-refractivity contribution in [3.05, 3.63) is 47.2 Å². The zero-order chi connectivity index (χ0) is 19.6. The van der Waals surface area contributed by atoms with Gasteiger partial charge in [-0.05, 0) is 49.0 Å². The highest BCUT2D eigenvalue weighted by atomic mass is 16.5. The molecule has 0 radical (unpaired) electrons. The highest BCUT2D eigenvalue weighted by Gasteiger charge is 2.42. The van der Waals surface area contributed by atoms with Gasteiger partial charge in [-0.3, -0.25) is 4.79 Å². The summed E-state index contributed by atoms with van der Waals surface area (Å²) >= 11 is 0. The zero-order valence-electron chi connectivity index (χ0n) is 15.8. The monoisotopic (exact) mass is 373 g/mol. The predicted molar refractivity (Wildman–Crippen MR) is 101 cm³/mol. The smallest absolute Gasteiger partial charge is 0.253 e. The van der Waals surface area contributed by atoms with Crippen LogP contribution in [0, 0.1) is 5.92 Å². The van der Waals surface area contributed by atoms with Gasteiger partial charge in [0.1, 0.15) is 5.76 Å². The molecule has 1 fully saturated rings. The summed E-state index contributed by atoms with van der Waals surface area (Å²) in [5.41, 5.74) is 1.06. The van der Waals surface area contributed by atoms with E-state index in [1.807, 2.05) is 24.0 Å². The standard InChI is InChI=1S/C21H27NO5/c1-14-4-3-5-18(27-2)19(14)20(26)22-10-8-21(13-22,9-11-23)15-6-7-16(24)17(25)12-15/h3,5-7,12,14,23-25H,4,8-11,13H2,1-2H3. The Morgan fingerprint density at radius 2 is 2.11 bits per heavy atom. The minimum absolute atomic E-state index is 0.0190. The van der Waals surface area contributed by atoms with E-state index in [2.05, 4.69) is 0 Å². The molecule has 2 atom stereocenters. The number of aliphatic hydroxyl groups excluding tert-OH is 1. The lowest BCUT2D eigenvalue weighted by atomic mass is 9.77. The molecule has 1 saturated heterocycles. The van der Waals surface area contributed by atoms with Crippen molar-refractivity contribution in [3.8, 4) is 11.5 Å². The van der Waals surface area contributed by atoms with E-state index in [0.717, 1.165) is 12.0 Å². The molecule has 3 N–H and O–H groups in total. The summed E-state index contributed by atoms with van der Waals surface area (Å²) in [4.78, 5) is 15.0. The lowest BCUT2D eigenvalue weighted by Gasteiger charge is -2.31. The van der Waals surface area contributed by atoms with Crippen molar-refractivity contribution in [1.82, 2.24) is 4.90 Å². The van der Waals surface area contributed by atoms with Crippen molar-refractivity contribution in [3.63, 3.8) is 0 Å². The van der Waals surface area contributed by atoms with E-state index in [0.29, 0.717) is 37.3 Å². The van der Waals surface area contributed by atoms with Gasteiger partial charge >= 0.3 is 0 Å². The maximum atomic E-state index is 13.2. The van der Waals surface area contributed by atoms with E-state index < -0.39 is 5.41 Å². The van der Waals surface area contributed by atoms with E-state index in [1.165, 1.54) is 12.1 Å². The molecule has 6 heteroatoms. The molecule has 2 unspecified atom stereocenters. The van der Waals surface area contributed by atoms with Crippen LogP contribution in [-0.4, -0.2) is 52.9 Å². The molecule has 2 aliphatic rings. The van der Waals surface area contributed by atoms with Crippen molar-refractivity contribution >= 4 is 5.91 Å². The molecule has 0 spiro atoms. The Bertz CT molecular complexity index is 785. The van der Waals surface area contributed by atoms with Crippen LogP contribution in [0.15, 0.2) is 41.7 Å². The van der Waals surface area contributed by atoms with Crippen LogP contribution in [0.5, 0.6) is 11.5 Å². The number of phenolic OH excluding ortho intramolecular Hbond substituents is 2. The lowest BCUT2D eigenvalue weighted by Crippen LogP contribution is -2.37. The van der Waals surface area contributed by atoms with Gasteiger partial charge in [0.25, 0.3) is 5.91 Å². The van der Waals surface area contributed by atoms with Gasteiger partial charge < -0.3 is 25.0 Å². The second kappa shape index (κ2) is 7.64. The first-order chi connectivity index (χ1) is 12.9. The third-order valence-electron chi connectivity index (χ3n) is 5.79. The van der Waals surface area contributed by atoms with Gasteiger partial charge in [-0.25, -0.2) is 0 Å². The van der Waals surface area contributed by atoms with Crippen LogP contribution in [0.1, 0.15) is 31.7 Å². The number of methoxy groups -OCH3 is 1. The number of ether oxygens (including phenoxy) is 1. The third-order valence-corrected chi connectivity index (χ3v) is 5.79. The fourth-order valence-electron chi connectivity index (χ4n) is 4.19. The van der Waals surface area contributed by atoms with E-state index in [-0.39, 0.29) is 29.9 Å². The predicted octanol–water partition coefficient (Wildman–Crippen LogP) is 2.45. The number of amides is 1. The number of carbonyl (C=O) groups excluding carboxylic acids is 1. The average Bonchev–Trinajstić information content (AvgIpc) is 3.09. The first-order valence-corrected chi connectivity index (χ1v) is 9.29. The highest BCUT2D eigenvalue weighted by Crippen LogP contribution is 2.41. The second-order valence-corrected chi connectivity index (χ2v) is 7.46. The van der Waals surface area contributed by atoms with Gasteiger partial charge in [-0.2, -0.15) is 0 Å². The Balaban J connectivity index is 1.90. The van der Waals surface area contributed by atoms with Crippen LogP contribution in [0.3, 0.4) is 0 Å². The van der Waals surface area contributed by atoms with Crippen LogP contribution in [0.4, 0.5) is 0 Å². The maximum absolute atomic E-state index is 13.2. The summed E-state index contributed by atoms with van der Waals surface area (Å²) in [6, 6.07) is 4.74. The van der Waals surface area contributed by atoms with Crippen LogP contribution >= 0.6 is 0 Å². The Labute approximate surface area is 159 Å². The molecular formula is C21H27NO5. The minimum Gasteiger partial charge on any atom is -0.504 e. The molecule has 1 amide bonds. The van der Waals surface area contributed by atoms with Gasteiger partial charge in [-0.1, -0.05) is 19.1 Å². The Morgan fingerprint density at radius 3 is 2.78 bits per heavy atom. The number of phenols is 2. The molecule has 0 bridgehead atoms. The minimum atomic E-state index is -0.447. The first-order valence-electron chi connectivity index (χ1n) is 9.29. The van der Waals surface area contributed by atoms with Gasteiger partial charge in [0.15, 0.2) is 11.5 Å². The van der Waals surface area contributed by atoms with E-state index in [4.69, 9.17) is 4.74 Å². The van der Waals surface area contributed by atoms with Gasteiger partial charge in [0.05, 0.1) is 12.7 Å². The van der Waals surface area contributed by atoms with Gasteiger partial charge in [-0.15, -0.1) is 0 Å². The quantitative estimate of drug-likeness (QED) is 0.690. The van der Waals surface area contributed by atoms with Gasteiger partial charge in [0.2, 0.25) is 0 Å². The van der Waals surface area contributed by atoms with E-state index >= 15 is 0 Å². The largest absolute Gasteiger partial charge is 0.504 e. The first kappa shape index (κ1) is 19.3. The molecule has 0 aromatic heterocycles. The Hall–Kier alpha value is -2.47. The van der Waals surface area contributed by atoms with Crippen LogP contribution < -0.4 is 0 Å². The third kappa shape index (κ3) is 3.54. The molecule has 27 heavy (non-hydrogen) atoms. The number of aliphatic hydroxyl groups is 1. The Kier molecular flexibility index (Phi) is 5.46. The number of carbonyl (C=O) groups is 1. The number of benzene rings is 1. The topological polar surface area (TPSA) is 90.2 Å². The SMILES string of the molecule is COC1=C(C(=O)N2CCC(CCO)(c3ccc(O)c(O)c3)C2)C(C)CC=C1. The molecule has 3 rings (SSSR count). The van der Waals surface area contributed by atoms with Crippen molar-refractivity contribution in [2.75, 3.05) is 26.8 Å². The van der Waals surface area contributed by atoms with Crippen molar-refractivity contribution in [1.29, 1.82) is 0 Å². The summed E-state index contributed by atoms with van der Waals surface area (Å²) in [7, 11) is 1.57. The van der Waals surface area contributed by atoms with Crippen molar-refractivity contribution in [2.45, 2.75) is 31.6 Å². The number of hydrogen-bond donors (Lipinski definition) is 3. The molecule has 146 valence electrons. The molecule has 1 aliphatic heterocycles. The van der Waals surface area contributed by atoms with Crippen molar-refractivity contribution < 1.29 is 24.9 Å². The summed E-state index contributed by atoms with van der Waals surface area (Å²) in [6.07, 6.45) is 5.83. The molecule has 1 aliphatic carbocycles. The Morgan fingerprint density at radius 1 is 1.33 bits per heavy atom. The number of likely N-dealkylation sites (tertiary alicyclic amines) is 1. The average molecular weight is 373 g/mol. The number of aromatic hydroxyl groups is 2. The molecule has 1 aromatic carbocycles. The molecule has 0 saturated carbocycles. The fraction of sp³-hybridized carbons (Fsp3) is 0.476. The van der Waals surface area contributed by atoms with E-state index in [1.54, 1.807) is 13.2 Å². The lowest BCUT2D eigenvalue weighted by molar-refractivity contribution is -0.127. The van der Waals surface area contributed by atoms with E-state index in [9.17, 15) is 20.1 Å². The molecule has 6 nitrogen and oxygen atoms in total. The maximum Gasteiger partial charge on any atom is 0.253 e. The number of allylic oxidation sites excluding steroid dienone is 2.